The zero-order valence-corrected chi connectivity index (χ0v) is 15.3. The number of rotatable bonds is 4. The lowest BCUT2D eigenvalue weighted by Crippen LogP contribution is -2.36. The second-order valence-corrected chi connectivity index (χ2v) is 8.69. The molecule has 8 heteroatoms. The van der Waals surface area contributed by atoms with Crippen LogP contribution in [-0.2, 0) is 10.0 Å². The fourth-order valence-electron chi connectivity index (χ4n) is 2.55. The van der Waals surface area contributed by atoms with Crippen molar-refractivity contribution in [2.45, 2.75) is 36.7 Å². The number of aliphatic hydroxyl groups excluding tert-OH is 1. The number of aliphatic hydroxyl groups is 1. The van der Waals surface area contributed by atoms with E-state index >= 15 is 0 Å². The zero-order valence-electron chi connectivity index (χ0n) is 11.4. The highest BCUT2D eigenvalue weighted by atomic mass is 79.9. The van der Waals surface area contributed by atoms with Crippen LogP contribution in [-0.4, -0.2) is 26.2 Å². The predicted octanol–water partition coefficient (Wildman–Crippen LogP) is 2.62. The molecule has 4 N–H and O–H groups in total. The summed E-state index contributed by atoms with van der Waals surface area (Å²) in [6, 6.07) is 3.10. The van der Waals surface area contributed by atoms with Gasteiger partial charge in [-0.25, -0.2) is 13.1 Å². The molecule has 0 amide bonds. The van der Waals surface area contributed by atoms with E-state index in [0.29, 0.717) is 14.6 Å². The first-order valence-corrected chi connectivity index (χ1v) is 9.80. The Hall–Kier alpha value is -0.150. The van der Waals surface area contributed by atoms with Crippen molar-refractivity contribution in [3.05, 3.63) is 21.1 Å². The highest BCUT2D eigenvalue weighted by molar-refractivity contribution is 9.11. The fraction of sp³-hybridized carbons (Fsp3) is 0.538. The molecule has 118 valence electrons. The predicted molar refractivity (Wildman–Crippen MR) is 89.4 cm³/mol. The first kappa shape index (κ1) is 17.2. The maximum absolute atomic E-state index is 12.4. The molecular formula is C13H18Br2N2O3S. The molecule has 0 radical (unpaired) electrons. The largest absolute Gasteiger partial charge is 0.399 e. The second kappa shape index (κ2) is 6.95. The molecule has 1 fully saturated rings. The molecule has 5 nitrogen and oxygen atoms in total. The van der Waals surface area contributed by atoms with Crippen molar-refractivity contribution in [2.24, 2.45) is 5.92 Å². The van der Waals surface area contributed by atoms with Crippen molar-refractivity contribution in [3.63, 3.8) is 0 Å². The van der Waals surface area contributed by atoms with E-state index in [9.17, 15) is 13.5 Å². The van der Waals surface area contributed by atoms with E-state index in [4.69, 9.17) is 5.73 Å². The quantitative estimate of drug-likeness (QED) is 0.626. The third-order valence-corrected chi connectivity index (χ3v) is 6.99. The number of hydrogen-bond donors (Lipinski definition) is 3. The van der Waals surface area contributed by atoms with E-state index in [2.05, 4.69) is 36.6 Å². The third-order valence-electron chi connectivity index (χ3n) is 3.69. The summed E-state index contributed by atoms with van der Waals surface area (Å²) in [5, 5.41) is 9.91. The summed E-state index contributed by atoms with van der Waals surface area (Å²) >= 11 is 6.47. The van der Waals surface area contributed by atoms with Crippen LogP contribution in [0.3, 0.4) is 0 Å². The van der Waals surface area contributed by atoms with Gasteiger partial charge in [0.2, 0.25) is 10.0 Å². The van der Waals surface area contributed by atoms with Crippen LogP contribution in [0, 0.1) is 5.92 Å². The van der Waals surface area contributed by atoms with Crippen molar-refractivity contribution < 1.29 is 13.5 Å². The molecule has 0 saturated heterocycles. The first-order valence-electron chi connectivity index (χ1n) is 6.73. The molecule has 0 aliphatic heterocycles. The molecule has 0 spiro atoms. The number of sulfonamides is 1. The molecule has 2 atom stereocenters. The number of anilines is 1. The normalized spacial score (nSPS) is 23.2. The second-order valence-electron chi connectivity index (χ2n) is 5.28. The molecule has 1 aromatic rings. The van der Waals surface area contributed by atoms with Gasteiger partial charge in [-0.05, 0) is 62.8 Å². The molecule has 0 aromatic heterocycles. The van der Waals surface area contributed by atoms with Crippen LogP contribution in [0.25, 0.3) is 0 Å². The van der Waals surface area contributed by atoms with E-state index < -0.39 is 16.1 Å². The lowest BCUT2D eigenvalue weighted by molar-refractivity contribution is 0.0724. The van der Waals surface area contributed by atoms with E-state index in [-0.39, 0.29) is 17.4 Å². The van der Waals surface area contributed by atoms with Gasteiger partial charge < -0.3 is 10.8 Å². The molecule has 2 rings (SSSR count). The van der Waals surface area contributed by atoms with Crippen molar-refractivity contribution in [3.8, 4) is 0 Å². The Morgan fingerprint density at radius 2 is 1.81 bits per heavy atom. The van der Waals surface area contributed by atoms with Gasteiger partial charge in [-0.15, -0.1) is 0 Å². The van der Waals surface area contributed by atoms with Crippen LogP contribution in [0.2, 0.25) is 0 Å². The standard InChI is InChI=1S/C13H18Br2N2O3S/c14-10-5-9(16)6-11(15)13(10)21(19,20)17-7-8-3-1-2-4-12(8)18/h5-6,8,12,17-18H,1-4,7,16H2. The molecular weight excluding hydrogens is 424 g/mol. The highest BCUT2D eigenvalue weighted by Crippen LogP contribution is 2.32. The number of nitrogens with two attached hydrogens (primary N) is 1. The summed E-state index contributed by atoms with van der Waals surface area (Å²) in [4.78, 5) is 0.127. The molecule has 1 aliphatic carbocycles. The maximum Gasteiger partial charge on any atom is 0.242 e. The van der Waals surface area contributed by atoms with Gasteiger partial charge in [0.1, 0.15) is 4.90 Å². The first-order chi connectivity index (χ1) is 9.81. The monoisotopic (exact) mass is 440 g/mol. The molecule has 2 unspecified atom stereocenters. The third kappa shape index (κ3) is 4.19. The van der Waals surface area contributed by atoms with E-state index in [1.807, 2.05) is 0 Å². The Morgan fingerprint density at radius 3 is 2.38 bits per heavy atom. The average Bonchev–Trinajstić information content (AvgIpc) is 2.36. The number of hydrogen-bond acceptors (Lipinski definition) is 4. The average molecular weight is 442 g/mol. The minimum Gasteiger partial charge on any atom is -0.399 e. The lowest BCUT2D eigenvalue weighted by atomic mass is 9.87. The van der Waals surface area contributed by atoms with Gasteiger partial charge in [0.25, 0.3) is 0 Å². The summed E-state index contributed by atoms with van der Waals surface area (Å²) in [5.74, 6) is -0.0279. The van der Waals surface area contributed by atoms with Crippen molar-refractivity contribution >= 4 is 47.6 Å². The van der Waals surface area contributed by atoms with E-state index in [1.54, 1.807) is 12.1 Å². The van der Waals surface area contributed by atoms with E-state index in [1.165, 1.54) is 0 Å². The molecule has 1 saturated carbocycles. The van der Waals surface area contributed by atoms with Gasteiger partial charge >= 0.3 is 0 Å². The Bertz CT molecular complexity index is 599. The van der Waals surface area contributed by atoms with Crippen molar-refractivity contribution in [1.29, 1.82) is 0 Å². The molecule has 1 aromatic carbocycles. The zero-order chi connectivity index (χ0) is 15.6. The minimum atomic E-state index is -3.67. The van der Waals surface area contributed by atoms with Crippen molar-refractivity contribution in [2.75, 3.05) is 12.3 Å². The summed E-state index contributed by atoms with van der Waals surface area (Å²) in [7, 11) is -3.67. The minimum absolute atomic E-state index is 0.0279. The van der Waals surface area contributed by atoms with Gasteiger partial charge in [0.15, 0.2) is 0 Å². The number of halogens is 2. The van der Waals surface area contributed by atoms with Crippen molar-refractivity contribution in [1.82, 2.24) is 4.72 Å². The number of benzene rings is 1. The summed E-state index contributed by atoms with van der Waals surface area (Å²) < 4.78 is 28.3. The Balaban J connectivity index is 2.15. The van der Waals surface area contributed by atoms with Crippen LogP contribution in [0.4, 0.5) is 5.69 Å². The maximum atomic E-state index is 12.4. The topological polar surface area (TPSA) is 92.4 Å². The van der Waals surface area contributed by atoms with Crippen LogP contribution in [0.15, 0.2) is 26.0 Å². The van der Waals surface area contributed by atoms with Gasteiger partial charge in [0, 0.05) is 21.2 Å². The number of nitrogens with one attached hydrogen (secondary N) is 1. The van der Waals surface area contributed by atoms with Crippen LogP contribution in [0.5, 0.6) is 0 Å². The summed E-state index contributed by atoms with van der Waals surface area (Å²) in [6.45, 7) is 0.243. The SMILES string of the molecule is Nc1cc(Br)c(S(=O)(=O)NCC2CCCCC2O)c(Br)c1. The Kier molecular flexibility index (Phi) is 5.70. The van der Waals surface area contributed by atoms with Gasteiger partial charge in [0.05, 0.1) is 6.10 Å². The molecule has 0 bridgehead atoms. The summed E-state index contributed by atoms with van der Waals surface area (Å²) in [5.41, 5.74) is 6.14. The lowest BCUT2D eigenvalue weighted by Gasteiger charge is -2.27. The van der Waals surface area contributed by atoms with Gasteiger partial charge in [-0.3, -0.25) is 0 Å². The molecule has 0 heterocycles. The van der Waals surface area contributed by atoms with E-state index in [0.717, 1.165) is 25.7 Å². The van der Waals surface area contributed by atoms with Crippen LogP contribution >= 0.6 is 31.9 Å². The Labute approximate surface area is 141 Å². The molecule has 21 heavy (non-hydrogen) atoms. The highest BCUT2D eigenvalue weighted by Gasteiger charge is 2.27. The summed E-state index contributed by atoms with van der Waals surface area (Å²) in [6.07, 6.45) is 3.17. The van der Waals surface area contributed by atoms with Crippen LogP contribution < -0.4 is 10.5 Å². The van der Waals surface area contributed by atoms with Gasteiger partial charge in [-0.1, -0.05) is 12.8 Å². The Morgan fingerprint density at radius 1 is 1.24 bits per heavy atom. The molecule has 1 aliphatic rings. The van der Waals surface area contributed by atoms with Gasteiger partial charge in [-0.2, -0.15) is 0 Å². The number of nitrogen functional groups attached to an aromatic ring is 1. The fourth-order valence-corrected chi connectivity index (χ4v) is 6.26. The smallest absolute Gasteiger partial charge is 0.242 e. The van der Waals surface area contributed by atoms with Crippen LogP contribution in [0.1, 0.15) is 25.7 Å².